The molecule has 1 heterocycles. The second-order valence-corrected chi connectivity index (χ2v) is 6.37. The molecule has 0 aliphatic rings. The van der Waals surface area contributed by atoms with Crippen molar-refractivity contribution in [1.29, 1.82) is 0 Å². The number of ether oxygens (including phenoxy) is 2. The number of carbonyl (C=O) groups is 2. The van der Waals surface area contributed by atoms with Crippen LogP contribution in [0.15, 0.2) is 53.1 Å². The van der Waals surface area contributed by atoms with Gasteiger partial charge in [-0.05, 0) is 36.8 Å². The molecule has 3 rings (SSSR count). The number of benzene rings is 2. The number of aryl methyl sites for hydroxylation is 1. The summed E-state index contributed by atoms with van der Waals surface area (Å²) < 4.78 is 12.8. The topological polar surface area (TPSA) is 57.5 Å². The van der Waals surface area contributed by atoms with Crippen LogP contribution in [0.1, 0.15) is 20.7 Å². The maximum atomic E-state index is 12.6. The number of carbonyl (C=O) groups excluding carboxylic acids is 2. The number of para-hydroxylation sites is 1. The third-order valence-corrected chi connectivity index (χ3v) is 4.77. The molecule has 0 fully saturated rings. The summed E-state index contributed by atoms with van der Waals surface area (Å²) in [7, 11) is 1.31. The Labute approximate surface area is 153 Å². The normalized spacial score (nSPS) is 10.7. The van der Waals surface area contributed by atoms with Crippen LogP contribution >= 0.6 is 15.9 Å². The molecule has 0 amide bonds. The first kappa shape index (κ1) is 17.2. The van der Waals surface area contributed by atoms with Gasteiger partial charge in [-0.1, -0.05) is 34.1 Å². The summed E-state index contributed by atoms with van der Waals surface area (Å²) in [6.07, 6.45) is 1.50. The summed E-state index contributed by atoms with van der Waals surface area (Å²) in [5, 5.41) is 0.669. The first-order chi connectivity index (χ1) is 12.0. The van der Waals surface area contributed by atoms with Gasteiger partial charge in [-0.15, -0.1) is 0 Å². The Kier molecular flexibility index (Phi) is 4.90. The average molecular weight is 402 g/mol. The fourth-order valence-corrected chi connectivity index (χ4v) is 2.83. The Bertz CT molecular complexity index is 961. The van der Waals surface area contributed by atoms with E-state index in [2.05, 4.69) is 15.9 Å². The van der Waals surface area contributed by atoms with Gasteiger partial charge >= 0.3 is 5.97 Å². The number of fused-ring (bicyclic) bond motifs is 1. The number of hydrogen-bond acceptors (Lipinski definition) is 4. The van der Waals surface area contributed by atoms with Crippen LogP contribution in [0.4, 0.5) is 0 Å². The Morgan fingerprint density at radius 3 is 2.64 bits per heavy atom. The van der Waals surface area contributed by atoms with Crippen molar-refractivity contribution in [2.75, 3.05) is 13.7 Å². The molecule has 0 atom stereocenters. The summed E-state index contributed by atoms with van der Waals surface area (Å²) in [5.41, 5.74) is 2.01. The molecule has 2 aromatic carbocycles. The highest BCUT2D eigenvalue weighted by molar-refractivity contribution is 9.10. The van der Waals surface area contributed by atoms with Crippen LogP contribution < -0.4 is 4.74 Å². The van der Waals surface area contributed by atoms with Crippen LogP contribution in [-0.4, -0.2) is 30.2 Å². The molecule has 6 heteroatoms. The second-order valence-electron chi connectivity index (χ2n) is 5.51. The second kappa shape index (κ2) is 7.11. The van der Waals surface area contributed by atoms with Gasteiger partial charge < -0.3 is 9.47 Å². The number of hydrogen-bond donors (Lipinski definition) is 0. The lowest BCUT2D eigenvalue weighted by atomic mass is 10.2. The lowest BCUT2D eigenvalue weighted by molar-refractivity contribution is 0.0603. The SMILES string of the molecule is COC(=O)c1cn(C(=O)COc2ccc(Br)c(C)c2)c2ccccc12. The van der Waals surface area contributed by atoms with Crippen molar-refractivity contribution >= 4 is 38.7 Å². The molecule has 128 valence electrons. The number of esters is 1. The molecule has 5 nitrogen and oxygen atoms in total. The van der Waals surface area contributed by atoms with Crippen LogP contribution in [0.25, 0.3) is 10.9 Å². The number of aromatic nitrogens is 1. The van der Waals surface area contributed by atoms with Gasteiger partial charge in [0.25, 0.3) is 5.91 Å². The summed E-state index contributed by atoms with van der Waals surface area (Å²) in [5.74, 6) is -0.141. The van der Waals surface area contributed by atoms with E-state index in [0.717, 1.165) is 10.0 Å². The number of halogens is 1. The van der Waals surface area contributed by atoms with E-state index >= 15 is 0 Å². The first-order valence-corrected chi connectivity index (χ1v) is 8.41. The predicted octanol–water partition coefficient (Wildman–Crippen LogP) is 4.22. The lowest BCUT2D eigenvalue weighted by Gasteiger charge is -2.08. The molecule has 0 unspecified atom stereocenters. The maximum absolute atomic E-state index is 12.6. The van der Waals surface area contributed by atoms with Gasteiger partial charge in [-0.3, -0.25) is 9.36 Å². The molecule has 0 bridgehead atoms. The Hall–Kier alpha value is -2.60. The van der Waals surface area contributed by atoms with Crippen LogP contribution in [0.5, 0.6) is 5.75 Å². The van der Waals surface area contributed by atoms with Gasteiger partial charge in [0.05, 0.1) is 18.2 Å². The molecule has 0 aliphatic carbocycles. The summed E-state index contributed by atoms with van der Waals surface area (Å²) in [6, 6.07) is 12.7. The number of rotatable bonds is 4. The minimum Gasteiger partial charge on any atom is -0.484 e. The van der Waals surface area contributed by atoms with E-state index in [0.29, 0.717) is 22.2 Å². The van der Waals surface area contributed by atoms with E-state index in [1.54, 1.807) is 18.2 Å². The smallest absolute Gasteiger partial charge is 0.340 e. The predicted molar refractivity (Wildman–Crippen MR) is 98.3 cm³/mol. The summed E-state index contributed by atoms with van der Waals surface area (Å²) in [6.45, 7) is 1.81. The third-order valence-electron chi connectivity index (χ3n) is 3.88. The van der Waals surface area contributed by atoms with Gasteiger partial charge in [-0.25, -0.2) is 4.79 Å². The van der Waals surface area contributed by atoms with Crippen LogP contribution in [0.3, 0.4) is 0 Å². The van der Waals surface area contributed by atoms with Gasteiger partial charge in [0.2, 0.25) is 0 Å². The fraction of sp³-hybridized carbons (Fsp3) is 0.158. The summed E-state index contributed by atoms with van der Waals surface area (Å²) >= 11 is 3.43. The monoisotopic (exact) mass is 401 g/mol. The van der Waals surface area contributed by atoms with Crippen LogP contribution in [0, 0.1) is 6.92 Å². The summed E-state index contributed by atoms with van der Waals surface area (Å²) in [4.78, 5) is 24.5. The van der Waals surface area contributed by atoms with Crippen molar-refractivity contribution in [2.24, 2.45) is 0 Å². The Balaban J connectivity index is 1.87. The largest absolute Gasteiger partial charge is 0.484 e. The molecule has 0 saturated carbocycles. The highest BCUT2D eigenvalue weighted by atomic mass is 79.9. The molecule has 25 heavy (non-hydrogen) atoms. The minimum atomic E-state index is -0.479. The molecule has 0 aliphatic heterocycles. The van der Waals surface area contributed by atoms with E-state index < -0.39 is 5.97 Å². The fourth-order valence-electron chi connectivity index (χ4n) is 2.58. The molecule has 0 spiro atoms. The van der Waals surface area contributed by atoms with E-state index in [-0.39, 0.29) is 12.5 Å². The first-order valence-electron chi connectivity index (χ1n) is 7.62. The Morgan fingerprint density at radius 2 is 1.92 bits per heavy atom. The minimum absolute atomic E-state index is 0.139. The van der Waals surface area contributed by atoms with Gasteiger partial charge in [-0.2, -0.15) is 0 Å². The molecule has 0 N–H and O–H groups in total. The standard InChI is InChI=1S/C19H16BrNO4/c1-12-9-13(7-8-16(12)20)25-11-18(22)21-10-15(19(23)24-2)14-5-3-4-6-17(14)21/h3-10H,11H2,1-2H3. The van der Waals surface area contributed by atoms with Crippen molar-refractivity contribution in [3.05, 3.63) is 64.3 Å². The van der Waals surface area contributed by atoms with Crippen molar-refractivity contribution in [3.63, 3.8) is 0 Å². The molecule has 1 aromatic heterocycles. The molecule has 3 aromatic rings. The number of nitrogens with zero attached hydrogens (tertiary/aromatic N) is 1. The van der Waals surface area contributed by atoms with Crippen LogP contribution in [-0.2, 0) is 4.74 Å². The van der Waals surface area contributed by atoms with Crippen LogP contribution in [0.2, 0.25) is 0 Å². The zero-order valence-corrected chi connectivity index (χ0v) is 15.4. The molecule has 0 radical (unpaired) electrons. The third kappa shape index (κ3) is 3.44. The zero-order valence-electron chi connectivity index (χ0n) is 13.8. The highest BCUT2D eigenvalue weighted by Crippen LogP contribution is 2.23. The molecular weight excluding hydrogens is 386 g/mol. The van der Waals surface area contributed by atoms with Crippen molar-refractivity contribution < 1.29 is 19.1 Å². The highest BCUT2D eigenvalue weighted by Gasteiger charge is 2.18. The van der Waals surface area contributed by atoms with Crippen molar-refractivity contribution in [2.45, 2.75) is 6.92 Å². The van der Waals surface area contributed by atoms with E-state index in [9.17, 15) is 9.59 Å². The van der Waals surface area contributed by atoms with Crippen molar-refractivity contribution in [3.8, 4) is 5.75 Å². The van der Waals surface area contributed by atoms with E-state index in [4.69, 9.17) is 9.47 Å². The maximum Gasteiger partial charge on any atom is 0.340 e. The van der Waals surface area contributed by atoms with Crippen molar-refractivity contribution in [1.82, 2.24) is 4.57 Å². The Morgan fingerprint density at radius 1 is 1.16 bits per heavy atom. The van der Waals surface area contributed by atoms with E-state index in [1.807, 2.05) is 31.2 Å². The lowest BCUT2D eigenvalue weighted by Crippen LogP contribution is -2.18. The number of methoxy groups -OCH3 is 1. The van der Waals surface area contributed by atoms with Gasteiger partial charge in [0.1, 0.15) is 5.75 Å². The average Bonchev–Trinajstić information content (AvgIpc) is 3.01. The zero-order chi connectivity index (χ0) is 18.0. The quantitative estimate of drug-likeness (QED) is 0.614. The molecular formula is C19H16BrNO4. The van der Waals surface area contributed by atoms with Gasteiger partial charge in [0.15, 0.2) is 6.61 Å². The molecule has 0 saturated heterocycles. The van der Waals surface area contributed by atoms with E-state index in [1.165, 1.54) is 17.9 Å². The van der Waals surface area contributed by atoms with Gasteiger partial charge in [0, 0.05) is 16.1 Å².